The van der Waals surface area contributed by atoms with Crippen LogP contribution >= 0.6 is 34.8 Å². The molecule has 0 radical (unpaired) electrons. The number of carbonyl (C=O) groups is 1. The van der Waals surface area contributed by atoms with Crippen molar-refractivity contribution in [1.29, 1.82) is 0 Å². The maximum atomic E-state index is 14.2. The van der Waals surface area contributed by atoms with Crippen molar-refractivity contribution >= 4 is 41.1 Å². The predicted molar refractivity (Wildman–Crippen MR) is 107 cm³/mol. The van der Waals surface area contributed by atoms with Gasteiger partial charge in [-0.2, -0.15) is 10.2 Å². The number of halogens is 4. The quantitative estimate of drug-likeness (QED) is 0.402. The first-order valence-corrected chi connectivity index (χ1v) is 9.14. The molecular formula is C19H13Cl3FN3O2. The number of hydrogen-bond donors (Lipinski definition) is 0. The predicted octanol–water partition coefficient (Wildman–Crippen LogP) is 5.21. The fraction of sp³-hybridized carbons (Fsp3) is 0.158. The van der Waals surface area contributed by atoms with E-state index in [1.807, 2.05) is 0 Å². The molecule has 0 bridgehead atoms. The summed E-state index contributed by atoms with van der Waals surface area (Å²) in [4.78, 5) is 14.9. The molecule has 0 atom stereocenters. The van der Waals surface area contributed by atoms with E-state index < -0.39 is 9.61 Å². The fourth-order valence-corrected chi connectivity index (χ4v) is 2.71. The molecule has 0 aliphatic rings. The fourth-order valence-electron chi connectivity index (χ4n) is 2.55. The van der Waals surface area contributed by atoms with Gasteiger partial charge in [0.15, 0.2) is 17.9 Å². The number of alkyl halides is 3. The molecule has 0 unspecified atom stereocenters. The van der Waals surface area contributed by atoms with E-state index in [4.69, 9.17) is 39.5 Å². The van der Waals surface area contributed by atoms with Crippen LogP contribution in [0.4, 0.5) is 4.39 Å². The molecular weight excluding hydrogens is 428 g/mol. The smallest absolute Gasteiger partial charge is 0.223 e. The Hall–Kier alpha value is -2.28. The van der Waals surface area contributed by atoms with Crippen molar-refractivity contribution in [2.45, 2.75) is 10.7 Å². The Kier molecular flexibility index (Phi) is 6.13. The number of aryl methyl sites for hydroxylation is 1. The number of ether oxygens (including phenoxy) is 1. The van der Waals surface area contributed by atoms with Gasteiger partial charge in [-0.05, 0) is 48.4 Å². The standard InChI is InChI=1S/C19H13Cl3FN3O2/c1-11-4-16(23)18(28-10-19(20,21)22)7-15(11)17-6-13(8-25-26-17)12-2-3-24-14(5-12)9-27/h2-9H,10H2,1H3. The molecule has 0 N–H and O–H groups in total. The van der Waals surface area contributed by atoms with Crippen molar-refractivity contribution in [3.63, 3.8) is 0 Å². The van der Waals surface area contributed by atoms with E-state index in [1.54, 1.807) is 31.3 Å². The van der Waals surface area contributed by atoms with E-state index in [9.17, 15) is 9.18 Å². The highest BCUT2D eigenvalue weighted by Gasteiger charge is 2.22. The lowest BCUT2D eigenvalue weighted by Gasteiger charge is -2.15. The second kappa shape index (κ2) is 8.39. The number of hydrogen-bond acceptors (Lipinski definition) is 5. The Balaban J connectivity index is 2.00. The summed E-state index contributed by atoms with van der Waals surface area (Å²) in [5.74, 6) is -0.643. The molecule has 0 spiro atoms. The minimum Gasteiger partial charge on any atom is -0.486 e. The number of aldehydes is 1. The van der Waals surface area contributed by atoms with Crippen LogP contribution in [0.2, 0.25) is 0 Å². The Bertz CT molecular complexity index is 1030. The zero-order valence-corrected chi connectivity index (χ0v) is 16.8. The van der Waals surface area contributed by atoms with Crippen LogP contribution in [0.5, 0.6) is 5.75 Å². The molecule has 5 nitrogen and oxygen atoms in total. The zero-order valence-electron chi connectivity index (χ0n) is 14.5. The van der Waals surface area contributed by atoms with Gasteiger partial charge in [-0.25, -0.2) is 4.39 Å². The number of aromatic nitrogens is 3. The highest BCUT2D eigenvalue weighted by molar-refractivity contribution is 6.67. The molecule has 0 aliphatic heterocycles. The minimum absolute atomic E-state index is 0.0636. The summed E-state index contributed by atoms with van der Waals surface area (Å²) in [7, 11) is 0. The van der Waals surface area contributed by atoms with Crippen molar-refractivity contribution in [3.8, 4) is 28.1 Å². The largest absolute Gasteiger partial charge is 0.486 e. The topological polar surface area (TPSA) is 65.0 Å². The van der Waals surface area contributed by atoms with E-state index in [0.29, 0.717) is 28.8 Å². The highest BCUT2D eigenvalue weighted by atomic mass is 35.6. The summed E-state index contributed by atoms with van der Waals surface area (Å²) in [5, 5.41) is 8.14. The number of pyridine rings is 1. The summed E-state index contributed by atoms with van der Waals surface area (Å²) < 4.78 is 17.8. The van der Waals surface area contributed by atoms with Crippen LogP contribution in [0.15, 0.2) is 42.7 Å². The van der Waals surface area contributed by atoms with Gasteiger partial charge in [-0.3, -0.25) is 9.78 Å². The number of benzene rings is 1. The normalized spacial score (nSPS) is 11.3. The molecule has 2 heterocycles. The average molecular weight is 441 g/mol. The lowest BCUT2D eigenvalue weighted by Crippen LogP contribution is -2.16. The molecule has 0 saturated carbocycles. The Morgan fingerprint density at radius 2 is 1.96 bits per heavy atom. The lowest BCUT2D eigenvalue weighted by atomic mass is 10.0. The maximum absolute atomic E-state index is 14.2. The molecule has 28 heavy (non-hydrogen) atoms. The summed E-state index contributed by atoms with van der Waals surface area (Å²) in [5.41, 5.74) is 3.52. The summed E-state index contributed by atoms with van der Waals surface area (Å²) in [6, 6.07) is 7.96. The van der Waals surface area contributed by atoms with E-state index in [1.165, 1.54) is 18.3 Å². The third-order valence-electron chi connectivity index (χ3n) is 3.84. The van der Waals surface area contributed by atoms with Crippen molar-refractivity contribution in [2.75, 3.05) is 6.61 Å². The zero-order chi connectivity index (χ0) is 20.3. The van der Waals surface area contributed by atoms with Crippen molar-refractivity contribution in [1.82, 2.24) is 15.2 Å². The van der Waals surface area contributed by atoms with Crippen LogP contribution in [0, 0.1) is 12.7 Å². The van der Waals surface area contributed by atoms with E-state index in [2.05, 4.69) is 15.2 Å². The van der Waals surface area contributed by atoms with Crippen LogP contribution in [0.1, 0.15) is 16.1 Å². The average Bonchev–Trinajstić information content (AvgIpc) is 2.67. The maximum Gasteiger partial charge on any atom is 0.223 e. The van der Waals surface area contributed by atoms with Crippen LogP contribution in [0.25, 0.3) is 22.4 Å². The SMILES string of the molecule is Cc1cc(F)c(OCC(Cl)(Cl)Cl)cc1-c1cc(-c2ccnc(C=O)c2)cnn1. The van der Waals surface area contributed by atoms with Crippen LogP contribution in [-0.4, -0.2) is 31.9 Å². The van der Waals surface area contributed by atoms with Gasteiger partial charge < -0.3 is 4.74 Å². The third kappa shape index (κ3) is 4.95. The number of rotatable bonds is 5. The number of nitrogens with zero attached hydrogens (tertiary/aromatic N) is 3. The lowest BCUT2D eigenvalue weighted by molar-refractivity contribution is 0.111. The molecule has 144 valence electrons. The molecule has 3 rings (SSSR count). The summed E-state index contributed by atoms with van der Waals surface area (Å²) >= 11 is 17.0. The first-order chi connectivity index (χ1) is 13.3. The van der Waals surface area contributed by atoms with Crippen LogP contribution in [-0.2, 0) is 0 Å². The molecule has 0 saturated heterocycles. The van der Waals surface area contributed by atoms with Gasteiger partial charge in [-0.1, -0.05) is 34.8 Å². The Labute approximate surface area is 175 Å². The van der Waals surface area contributed by atoms with Gasteiger partial charge in [0.1, 0.15) is 12.3 Å². The minimum atomic E-state index is -1.67. The van der Waals surface area contributed by atoms with Crippen LogP contribution in [0.3, 0.4) is 0 Å². The van der Waals surface area contributed by atoms with E-state index in [-0.39, 0.29) is 12.4 Å². The monoisotopic (exact) mass is 439 g/mol. The van der Waals surface area contributed by atoms with Crippen molar-refractivity contribution in [3.05, 3.63) is 59.8 Å². The van der Waals surface area contributed by atoms with Crippen molar-refractivity contribution in [2.24, 2.45) is 0 Å². The van der Waals surface area contributed by atoms with Gasteiger partial charge in [0, 0.05) is 17.3 Å². The Morgan fingerprint density at radius 1 is 1.18 bits per heavy atom. The first-order valence-electron chi connectivity index (χ1n) is 8.01. The molecule has 0 aliphatic carbocycles. The Morgan fingerprint density at radius 3 is 2.68 bits per heavy atom. The molecule has 0 fully saturated rings. The highest BCUT2D eigenvalue weighted by Crippen LogP contribution is 2.33. The molecule has 9 heteroatoms. The summed E-state index contributed by atoms with van der Waals surface area (Å²) in [6.07, 6.45) is 3.76. The van der Waals surface area contributed by atoms with E-state index in [0.717, 1.165) is 11.1 Å². The van der Waals surface area contributed by atoms with Crippen LogP contribution < -0.4 is 4.74 Å². The summed E-state index contributed by atoms with van der Waals surface area (Å²) in [6.45, 7) is 1.43. The number of carbonyl (C=O) groups excluding carboxylic acids is 1. The second-order valence-corrected chi connectivity index (χ2v) is 8.43. The molecule has 0 amide bonds. The van der Waals surface area contributed by atoms with Gasteiger partial charge in [0.05, 0.1) is 11.9 Å². The third-order valence-corrected chi connectivity index (χ3v) is 4.16. The second-order valence-electron chi connectivity index (χ2n) is 5.92. The van der Waals surface area contributed by atoms with Gasteiger partial charge in [0.2, 0.25) is 3.79 Å². The van der Waals surface area contributed by atoms with E-state index >= 15 is 0 Å². The van der Waals surface area contributed by atoms with Crippen molar-refractivity contribution < 1.29 is 13.9 Å². The van der Waals surface area contributed by atoms with Gasteiger partial charge in [0.25, 0.3) is 0 Å². The van der Waals surface area contributed by atoms with Gasteiger partial charge >= 0.3 is 0 Å². The molecule has 3 aromatic rings. The van der Waals surface area contributed by atoms with Gasteiger partial charge in [-0.15, -0.1) is 0 Å². The molecule has 1 aromatic carbocycles. The molecule has 2 aromatic heterocycles. The first kappa shape index (κ1) is 20.5.